The number of hydrogen-bond acceptors (Lipinski definition) is 3. The van der Waals surface area contributed by atoms with Crippen LogP contribution in [0.25, 0.3) is 0 Å². The van der Waals surface area contributed by atoms with Crippen LogP contribution in [0.2, 0.25) is 16.1 Å². The van der Waals surface area contributed by atoms with Crippen LogP contribution in [0.5, 0.6) is 0 Å². The van der Waals surface area contributed by atoms with Crippen LogP contribution >= 0.6 is 0 Å². The van der Waals surface area contributed by atoms with Gasteiger partial charge in [-0.15, -0.1) is 0 Å². The average Bonchev–Trinajstić information content (AvgIpc) is 3.73. The van der Waals surface area contributed by atoms with Gasteiger partial charge in [0.1, 0.15) is 0 Å². The first-order valence-corrected chi connectivity index (χ1v) is 28.0. The maximum absolute atomic E-state index is 6.03. The van der Waals surface area contributed by atoms with E-state index < -0.39 is 18.4 Å². The summed E-state index contributed by atoms with van der Waals surface area (Å²) in [6.45, 7) is 12.7. The molecule has 1 aromatic rings. The fraction of sp³-hybridized carbons (Fsp3) is 0.789. The number of nitrogens with zero attached hydrogens (tertiary/aromatic N) is 1. The first kappa shape index (κ1) is 34.5. The van der Waals surface area contributed by atoms with Crippen molar-refractivity contribution in [3.63, 3.8) is 0 Å². The van der Waals surface area contributed by atoms with Gasteiger partial charge in [0.25, 0.3) is 0 Å². The Labute approximate surface area is 275 Å². The van der Waals surface area contributed by atoms with Crippen molar-refractivity contribution >= 4 is 37.8 Å². The first-order chi connectivity index (χ1) is 21.0. The predicted molar refractivity (Wildman–Crippen MR) is 187 cm³/mol. The molecule has 0 aromatic heterocycles. The molecule has 3 fully saturated rings. The van der Waals surface area contributed by atoms with E-state index in [-0.39, 0.29) is 6.29 Å². The third-order valence-electron chi connectivity index (χ3n) is 12.0. The van der Waals surface area contributed by atoms with E-state index in [0.717, 1.165) is 40.5 Å². The minimum atomic E-state index is -2.43. The fourth-order valence-electron chi connectivity index (χ4n) is 9.73. The summed E-state index contributed by atoms with van der Waals surface area (Å²) in [4.78, 5) is 3.05. The molecule has 0 N–H and O–H groups in total. The number of benzene rings is 1. The van der Waals surface area contributed by atoms with Crippen LogP contribution in [0.15, 0.2) is 42.0 Å². The molecule has 1 spiro atoms. The van der Waals surface area contributed by atoms with Crippen molar-refractivity contribution in [1.82, 2.24) is 4.90 Å². The molecule has 0 bridgehead atoms. The number of unbranched alkanes of at least 4 members (excludes halogenated alkanes) is 3. The molecule has 5 heteroatoms. The average molecular weight is 764 g/mol. The van der Waals surface area contributed by atoms with Gasteiger partial charge in [-0.3, -0.25) is 0 Å². The molecule has 242 valence electrons. The van der Waals surface area contributed by atoms with E-state index in [4.69, 9.17) is 9.47 Å². The Hall–Kier alpha value is 0.158. The summed E-state index contributed by atoms with van der Waals surface area (Å²) in [7, 11) is 0. The van der Waals surface area contributed by atoms with Gasteiger partial charge < -0.3 is 0 Å². The Morgan fingerprint density at radius 2 is 1.53 bits per heavy atom. The van der Waals surface area contributed by atoms with Crippen LogP contribution in [-0.4, -0.2) is 75.9 Å². The maximum atomic E-state index is 6.03. The molecule has 3 nitrogen and oxygen atoms in total. The van der Waals surface area contributed by atoms with Gasteiger partial charge in [0.15, 0.2) is 0 Å². The third kappa shape index (κ3) is 8.18. The standard InChI is InChI=1S/C26H36NO2Se.3C4H9.Sn/c1-20(13-18-30-23-8-3-2-4-9-23)24-10-6-15-26(24)14-5-7-22-12-11-21(19-27(22)26)25-28-16-17-29-25;3*1-3-4-2;/h2-4,8-9,11,18,20,22,24-25H,5-7,10,12-17,19H2,1H3;3*1,3-4H2,2H3;/t20-,22+,24+,26+;;;;/m0..../s1. The van der Waals surface area contributed by atoms with Gasteiger partial charge in [0.2, 0.25) is 0 Å². The zero-order valence-corrected chi connectivity index (χ0v) is 32.7. The van der Waals surface area contributed by atoms with Crippen molar-refractivity contribution in [2.24, 2.45) is 11.8 Å². The number of fused-ring (bicyclic) bond motifs is 2. The van der Waals surface area contributed by atoms with Gasteiger partial charge in [0.05, 0.1) is 0 Å². The summed E-state index contributed by atoms with van der Waals surface area (Å²) in [5.41, 5.74) is 1.83. The molecule has 0 amide bonds. The first-order valence-electron chi connectivity index (χ1n) is 18.5. The summed E-state index contributed by atoms with van der Waals surface area (Å²) in [6, 6.07) is 12.5. The molecule has 1 saturated carbocycles. The van der Waals surface area contributed by atoms with E-state index in [1.165, 1.54) is 95.5 Å². The Balaban J connectivity index is 1.42. The van der Waals surface area contributed by atoms with Crippen molar-refractivity contribution in [3.05, 3.63) is 42.0 Å². The van der Waals surface area contributed by atoms with Gasteiger partial charge in [-0.05, 0) is 0 Å². The van der Waals surface area contributed by atoms with Gasteiger partial charge in [-0.1, -0.05) is 0 Å². The summed E-state index contributed by atoms with van der Waals surface area (Å²) in [5.74, 6) is 1.67. The van der Waals surface area contributed by atoms with E-state index >= 15 is 0 Å². The molecule has 1 aliphatic carbocycles. The Bertz CT molecular complexity index is 975. The van der Waals surface area contributed by atoms with E-state index in [2.05, 4.69) is 69.0 Å². The fourth-order valence-corrected chi connectivity index (χ4v) is 39.6. The van der Waals surface area contributed by atoms with Crippen molar-refractivity contribution in [2.45, 2.75) is 152 Å². The van der Waals surface area contributed by atoms with Gasteiger partial charge >= 0.3 is 277 Å². The van der Waals surface area contributed by atoms with E-state index in [9.17, 15) is 0 Å². The molecule has 4 aliphatic rings. The zero-order valence-electron chi connectivity index (χ0n) is 28.2. The van der Waals surface area contributed by atoms with Crippen molar-refractivity contribution in [3.8, 4) is 0 Å². The second-order valence-electron chi connectivity index (χ2n) is 14.7. The molecule has 5 atom stereocenters. The number of hydrogen-bond donors (Lipinski definition) is 0. The Kier molecular flexibility index (Phi) is 13.5. The number of ether oxygens (including phenoxy) is 2. The summed E-state index contributed by atoms with van der Waals surface area (Å²) >= 11 is -1.82. The summed E-state index contributed by atoms with van der Waals surface area (Å²) in [6.07, 6.45) is 22.3. The molecule has 0 radical (unpaired) electrons. The van der Waals surface area contributed by atoms with Crippen molar-refractivity contribution < 1.29 is 9.47 Å². The van der Waals surface area contributed by atoms with Gasteiger partial charge in [-0.2, -0.15) is 0 Å². The van der Waals surface area contributed by atoms with E-state index in [1.807, 2.05) is 0 Å². The van der Waals surface area contributed by atoms with Gasteiger partial charge in [-0.25, -0.2) is 0 Å². The monoisotopic (exact) mass is 765 g/mol. The van der Waals surface area contributed by atoms with Crippen LogP contribution in [0.3, 0.4) is 0 Å². The summed E-state index contributed by atoms with van der Waals surface area (Å²) < 4.78 is 19.7. The number of piperidine rings is 1. The van der Waals surface area contributed by atoms with E-state index in [1.54, 1.807) is 17.8 Å². The topological polar surface area (TPSA) is 21.7 Å². The zero-order chi connectivity index (χ0) is 30.1. The van der Waals surface area contributed by atoms with Crippen LogP contribution in [-0.2, 0) is 9.47 Å². The summed E-state index contributed by atoms with van der Waals surface area (Å²) in [5, 5.41) is 0. The molecule has 3 aliphatic heterocycles. The van der Waals surface area contributed by atoms with Gasteiger partial charge in [0, 0.05) is 0 Å². The minimum absolute atomic E-state index is 0.0828. The van der Waals surface area contributed by atoms with E-state index in [0.29, 0.717) is 20.5 Å². The normalized spacial score (nSPS) is 28.2. The van der Waals surface area contributed by atoms with Crippen LogP contribution in [0, 0.1) is 11.8 Å². The number of rotatable bonds is 16. The molecule has 1 aromatic carbocycles. The molecular weight excluding hydrogens is 700 g/mol. The molecule has 1 unspecified atom stereocenters. The molecule has 2 saturated heterocycles. The second-order valence-corrected chi connectivity index (χ2v) is 34.1. The SMILES string of the molecule is CCC[CH2][Sn]([CH2]CCC)([CH2]CCC)[CH](C[C@H](C)[C@H]1CCC[C@]12CCC[C@@H]1CC=C(C3OCCO3)CN12)[Se]c1ccccc1. The van der Waals surface area contributed by atoms with Crippen LogP contribution < -0.4 is 4.46 Å². The molecular formula is C38H63NO2SeSn. The van der Waals surface area contributed by atoms with Crippen LogP contribution in [0.1, 0.15) is 118 Å². The second kappa shape index (κ2) is 16.8. The third-order valence-corrected chi connectivity index (χ3v) is 39.0. The van der Waals surface area contributed by atoms with Crippen molar-refractivity contribution in [1.29, 1.82) is 0 Å². The van der Waals surface area contributed by atoms with Crippen LogP contribution in [0.4, 0.5) is 0 Å². The quantitative estimate of drug-likeness (QED) is 0.124. The van der Waals surface area contributed by atoms with Crippen molar-refractivity contribution in [2.75, 3.05) is 19.8 Å². The molecule has 43 heavy (non-hydrogen) atoms. The predicted octanol–water partition coefficient (Wildman–Crippen LogP) is 9.32. The molecule has 5 rings (SSSR count). The Morgan fingerprint density at radius 3 is 2.16 bits per heavy atom. The Morgan fingerprint density at radius 1 is 0.907 bits per heavy atom. The molecule has 3 heterocycles.